The molecule has 1 rings (SSSR count). The second-order valence-electron chi connectivity index (χ2n) is 4.21. The Balaban J connectivity index is 2.33. The van der Waals surface area contributed by atoms with Crippen LogP contribution in [0.4, 0.5) is 0 Å². The van der Waals surface area contributed by atoms with Crippen LogP contribution in [0.25, 0.3) is 0 Å². The molecule has 1 aromatic rings. The third-order valence-corrected chi connectivity index (χ3v) is 2.34. The van der Waals surface area contributed by atoms with Crippen LogP contribution in [0.5, 0.6) is 0 Å². The van der Waals surface area contributed by atoms with Crippen LogP contribution in [0.2, 0.25) is 0 Å². The van der Waals surface area contributed by atoms with Gasteiger partial charge in [0.1, 0.15) is 0 Å². The molecule has 1 amide bonds. The summed E-state index contributed by atoms with van der Waals surface area (Å²) in [6.45, 7) is 5.30. The van der Waals surface area contributed by atoms with Crippen LogP contribution in [-0.2, 0) is 4.79 Å². The van der Waals surface area contributed by atoms with Crippen molar-refractivity contribution in [3.8, 4) is 0 Å². The minimum atomic E-state index is -1.09. The van der Waals surface area contributed by atoms with E-state index in [9.17, 15) is 9.90 Å². The average Bonchev–Trinajstić information content (AvgIpc) is 2.34. The largest absolute Gasteiger partial charge is 0.378 e. The van der Waals surface area contributed by atoms with Gasteiger partial charge in [0.25, 0.3) is 5.91 Å². The molecule has 0 saturated carbocycles. The van der Waals surface area contributed by atoms with Gasteiger partial charge in [0, 0.05) is 19.1 Å². The van der Waals surface area contributed by atoms with Crippen molar-refractivity contribution in [2.24, 2.45) is 0 Å². The number of aliphatic hydroxyl groups is 1. The third-order valence-electron chi connectivity index (χ3n) is 2.34. The van der Waals surface area contributed by atoms with Crippen molar-refractivity contribution in [3.63, 3.8) is 0 Å². The molecule has 17 heavy (non-hydrogen) atoms. The van der Waals surface area contributed by atoms with Gasteiger partial charge in [-0.25, -0.2) is 0 Å². The van der Waals surface area contributed by atoms with Crippen molar-refractivity contribution in [2.75, 3.05) is 13.1 Å². The van der Waals surface area contributed by atoms with Crippen LogP contribution >= 0.6 is 0 Å². The quantitative estimate of drug-likeness (QED) is 0.641. The van der Waals surface area contributed by atoms with Crippen LogP contribution in [0.3, 0.4) is 0 Å². The fourth-order valence-corrected chi connectivity index (χ4v) is 1.43. The van der Waals surface area contributed by atoms with Crippen molar-refractivity contribution in [2.45, 2.75) is 26.0 Å². The number of carbonyl (C=O) groups is 1. The minimum absolute atomic E-state index is 0.359. The minimum Gasteiger partial charge on any atom is -0.378 e. The van der Waals surface area contributed by atoms with E-state index in [1.165, 1.54) is 0 Å². The predicted octanol–water partition coefficient (Wildman–Crippen LogP) is 0.834. The van der Waals surface area contributed by atoms with Gasteiger partial charge in [-0.2, -0.15) is 0 Å². The number of nitrogens with one attached hydrogen (secondary N) is 2. The monoisotopic (exact) mass is 236 g/mol. The Kier molecular flexibility index (Phi) is 5.66. The SMILES string of the molecule is CC(C)NCCNC(=O)C(O)c1ccccc1. The summed E-state index contributed by atoms with van der Waals surface area (Å²) in [5.74, 6) is -0.359. The molecule has 4 heteroatoms. The van der Waals surface area contributed by atoms with Crippen molar-refractivity contribution >= 4 is 5.91 Å². The van der Waals surface area contributed by atoms with Gasteiger partial charge in [-0.1, -0.05) is 44.2 Å². The maximum Gasteiger partial charge on any atom is 0.253 e. The second kappa shape index (κ2) is 7.04. The van der Waals surface area contributed by atoms with Gasteiger partial charge in [-0.05, 0) is 5.56 Å². The zero-order valence-electron chi connectivity index (χ0n) is 10.3. The summed E-state index contributed by atoms with van der Waals surface area (Å²) in [7, 11) is 0. The molecule has 0 fully saturated rings. The van der Waals surface area contributed by atoms with Crippen LogP contribution in [-0.4, -0.2) is 30.1 Å². The van der Waals surface area contributed by atoms with Crippen molar-refractivity contribution in [1.82, 2.24) is 10.6 Å². The van der Waals surface area contributed by atoms with E-state index in [0.717, 1.165) is 0 Å². The third kappa shape index (κ3) is 4.97. The summed E-state index contributed by atoms with van der Waals surface area (Å²) in [6.07, 6.45) is -1.09. The lowest BCUT2D eigenvalue weighted by molar-refractivity contribution is -0.129. The standard InChI is InChI=1S/C13H20N2O2/c1-10(2)14-8-9-15-13(17)12(16)11-6-4-3-5-7-11/h3-7,10,12,14,16H,8-9H2,1-2H3,(H,15,17). The molecule has 3 N–H and O–H groups in total. The molecule has 0 radical (unpaired) electrons. The first-order valence-corrected chi connectivity index (χ1v) is 5.85. The second-order valence-corrected chi connectivity index (χ2v) is 4.21. The first-order valence-electron chi connectivity index (χ1n) is 5.85. The van der Waals surface area contributed by atoms with E-state index >= 15 is 0 Å². The fourth-order valence-electron chi connectivity index (χ4n) is 1.43. The lowest BCUT2D eigenvalue weighted by atomic mass is 10.1. The average molecular weight is 236 g/mol. The lowest BCUT2D eigenvalue weighted by Crippen LogP contribution is -2.36. The van der Waals surface area contributed by atoms with Crippen molar-refractivity contribution in [1.29, 1.82) is 0 Å². The van der Waals surface area contributed by atoms with Crippen LogP contribution in [0.15, 0.2) is 30.3 Å². The molecular formula is C13H20N2O2. The summed E-state index contributed by atoms with van der Waals surface area (Å²) < 4.78 is 0. The highest BCUT2D eigenvalue weighted by Gasteiger charge is 2.15. The van der Waals surface area contributed by atoms with Gasteiger partial charge in [0.15, 0.2) is 6.10 Å². The number of rotatable bonds is 6. The van der Waals surface area contributed by atoms with E-state index in [0.29, 0.717) is 24.7 Å². The molecule has 1 unspecified atom stereocenters. The summed E-state index contributed by atoms with van der Waals surface area (Å²) in [5.41, 5.74) is 0.613. The number of carbonyl (C=O) groups excluding carboxylic acids is 1. The summed E-state index contributed by atoms with van der Waals surface area (Å²) in [5, 5.41) is 15.6. The Morgan fingerprint density at radius 1 is 1.24 bits per heavy atom. The van der Waals surface area contributed by atoms with E-state index in [2.05, 4.69) is 10.6 Å². The molecule has 94 valence electrons. The van der Waals surface area contributed by atoms with Crippen molar-refractivity contribution < 1.29 is 9.90 Å². The first-order chi connectivity index (χ1) is 8.11. The van der Waals surface area contributed by atoms with E-state index in [4.69, 9.17) is 0 Å². The number of hydrogen-bond donors (Lipinski definition) is 3. The Morgan fingerprint density at radius 2 is 1.88 bits per heavy atom. The summed E-state index contributed by atoms with van der Waals surface area (Å²) >= 11 is 0. The van der Waals surface area contributed by atoms with E-state index in [1.54, 1.807) is 24.3 Å². The van der Waals surface area contributed by atoms with Gasteiger partial charge < -0.3 is 15.7 Å². The predicted molar refractivity (Wildman–Crippen MR) is 67.6 cm³/mol. The first kappa shape index (κ1) is 13.7. The Hall–Kier alpha value is -1.39. The smallest absolute Gasteiger partial charge is 0.253 e. The molecular weight excluding hydrogens is 216 g/mol. The van der Waals surface area contributed by atoms with Crippen LogP contribution in [0.1, 0.15) is 25.5 Å². The van der Waals surface area contributed by atoms with Gasteiger partial charge in [0.2, 0.25) is 0 Å². The Bertz CT molecular complexity index is 339. The Labute approximate surface area is 102 Å². The highest BCUT2D eigenvalue weighted by Crippen LogP contribution is 2.11. The molecule has 0 spiro atoms. The maximum atomic E-state index is 11.6. The maximum absolute atomic E-state index is 11.6. The topological polar surface area (TPSA) is 61.4 Å². The number of hydrogen-bond acceptors (Lipinski definition) is 3. The van der Waals surface area contributed by atoms with Crippen LogP contribution in [0, 0.1) is 0 Å². The molecule has 0 saturated heterocycles. The molecule has 1 aromatic carbocycles. The molecule has 0 bridgehead atoms. The molecule has 1 atom stereocenters. The molecule has 0 aliphatic rings. The number of benzene rings is 1. The molecule has 0 heterocycles. The van der Waals surface area contributed by atoms with Gasteiger partial charge >= 0.3 is 0 Å². The van der Waals surface area contributed by atoms with Gasteiger partial charge in [-0.15, -0.1) is 0 Å². The van der Waals surface area contributed by atoms with E-state index in [1.807, 2.05) is 19.9 Å². The summed E-state index contributed by atoms with van der Waals surface area (Å²) in [6, 6.07) is 9.30. The van der Waals surface area contributed by atoms with Gasteiger partial charge in [-0.3, -0.25) is 4.79 Å². The number of aliphatic hydroxyl groups excluding tert-OH is 1. The zero-order valence-corrected chi connectivity index (χ0v) is 10.3. The molecule has 0 aliphatic carbocycles. The Morgan fingerprint density at radius 3 is 2.47 bits per heavy atom. The van der Waals surface area contributed by atoms with E-state index < -0.39 is 6.10 Å². The zero-order chi connectivity index (χ0) is 12.7. The van der Waals surface area contributed by atoms with Crippen LogP contribution < -0.4 is 10.6 Å². The lowest BCUT2D eigenvalue weighted by Gasteiger charge is -2.12. The normalized spacial score (nSPS) is 12.5. The fraction of sp³-hybridized carbons (Fsp3) is 0.462. The molecule has 0 aromatic heterocycles. The number of amides is 1. The van der Waals surface area contributed by atoms with Gasteiger partial charge in [0.05, 0.1) is 0 Å². The molecule has 0 aliphatic heterocycles. The molecule has 4 nitrogen and oxygen atoms in total. The summed E-state index contributed by atoms with van der Waals surface area (Å²) in [4.78, 5) is 11.6. The van der Waals surface area contributed by atoms with E-state index in [-0.39, 0.29) is 5.91 Å². The highest BCUT2D eigenvalue weighted by molar-refractivity contribution is 5.81. The van der Waals surface area contributed by atoms with Crippen molar-refractivity contribution in [3.05, 3.63) is 35.9 Å². The highest BCUT2D eigenvalue weighted by atomic mass is 16.3.